The minimum Gasteiger partial charge on any atom is -0.493 e. The number of hydrogen-bond donors (Lipinski definition) is 1. The maximum atomic E-state index is 9.74. The van der Waals surface area contributed by atoms with Crippen LogP contribution in [0.25, 0.3) is 0 Å². The Hall–Kier alpha value is -2.44. The van der Waals surface area contributed by atoms with Crippen molar-refractivity contribution in [1.29, 1.82) is 0 Å². The third-order valence-electron chi connectivity index (χ3n) is 5.83. The van der Waals surface area contributed by atoms with Gasteiger partial charge in [-0.3, -0.25) is 0 Å². The van der Waals surface area contributed by atoms with Crippen LogP contribution in [0.3, 0.4) is 0 Å². The van der Waals surface area contributed by atoms with Gasteiger partial charge in [0.25, 0.3) is 0 Å². The number of aliphatic hydroxyl groups excluding tert-OH is 1. The molecule has 0 saturated heterocycles. The number of ether oxygens (including phenoxy) is 5. The van der Waals surface area contributed by atoms with E-state index in [4.69, 9.17) is 23.7 Å². The standard InChI is InChI=1S/C23H30O6/c1-25-13-18-15(8-9-24)16-11-21(28-4)22(29-5)12-17(16)23(18)14-6-7-19(26-2)20(10-14)27-3/h6-7,10-12,15,18,23-24H,8-9,13H2,1-5H3. The van der Waals surface area contributed by atoms with E-state index in [0.717, 1.165) is 11.1 Å². The van der Waals surface area contributed by atoms with Crippen molar-refractivity contribution in [2.75, 3.05) is 48.8 Å². The zero-order chi connectivity index (χ0) is 21.0. The van der Waals surface area contributed by atoms with E-state index in [1.54, 1.807) is 35.5 Å². The molecule has 1 aliphatic rings. The van der Waals surface area contributed by atoms with Crippen LogP contribution in [0.15, 0.2) is 30.3 Å². The predicted molar refractivity (Wildman–Crippen MR) is 111 cm³/mol. The van der Waals surface area contributed by atoms with Crippen LogP contribution >= 0.6 is 0 Å². The second kappa shape index (κ2) is 9.37. The lowest BCUT2D eigenvalue weighted by Crippen LogP contribution is -2.20. The average Bonchev–Trinajstić information content (AvgIpc) is 3.04. The molecular weight excluding hydrogens is 372 g/mol. The molecule has 29 heavy (non-hydrogen) atoms. The molecule has 6 heteroatoms. The van der Waals surface area contributed by atoms with Crippen molar-refractivity contribution in [3.8, 4) is 23.0 Å². The van der Waals surface area contributed by atoms with E-state index >= 15 is 0 Å². The molecule has 2 aromatic rings. The summed E-state index contributed by atoms with van der Waals surface area (Å²) in [5.41, 5.74) is 3.44. The summed E-state index contributed by atoms with van der Waals surface area (Å²) in [6.07, 6.45) is 0.653. The lowest BCUT2D eigenvalue weighted by Gasteiger charge is -2.25. The highest BCUT2D eigenvalue weighted by Gasteiger charge is 2.42. The summed E-state index contributed by atoms with van der Waals surface area (Å²) in [4.78, 5) is 0. The van der Waals surface area contributed by atoms with Gasteiger partial charge >= 0.3 is 0 Å². The van der Waals surface area contributed by atoms with Crippen LogP contribution in [0.5, 0.6) is 23.0 Å². The number of methoxy groups -OCH3 is 5. The topological polar surface area (TPSA) is 66.4 Å². The minimum absolute atomic E-state index is 0.0705. The molecule has 0 aliphatic heterocycles. The summed E-state index contributed by atoms with van der Waals surface area (Å²) < 4.78 is 27.6. The molecule has 0 radical (unpaired) electrons. The van der Waals surface area contributed by atoms with Gasteiger partial charge in [-0.1, -0.05) is 6.07 Å². The quantitative estimate of drug-likeness (QED) is 0.691. The largest absolute Gasteiger partial charge is 0.493 e. The molecule has 0 aromatic heterocycles. The number of fused-ring (bicyclic) bond motifs is 1. The SMILES string of the molecule is COCC1C(CCO)c2cc(OC)c(OC)cc2C1c1ccc(OC)c(OC)c1. The monoisotopic (exact) mass is 402 g/mol. The first kappa shape index (κ1) is 21.3. The zero-order valence-electron chi connectivity index (χ0n) is 17.7. The molecule has 0 fully saturated rings. The maximum Gasteiger partial charge on any atom is 0.161 e. The molecular formula is C23H30O6. The highest BCUT2D eigenvalue weighted by molar-refractivity contribution is 5.57. The smallest absolute Gasteiger partial charge is 0.161 e. The molecule has 0 saturated carbocycles. The van der Waals surface area contributed by atoms with Gasteiger partial charge in [0, 0.05) is 25.6 Å². The first-order valence-corrected chi connectivity index (χ1v) is 9.70. The Morgan fingerprint density at radius 1 is 0.759 bits per heavy atom. The normalized spacial score (nSPS) is 20.3. The lowest BCUT2D eigenvalue weighted by molar-refractivity contribution is 0.128. The molecule has 0 spiro atoms. The Kier molecular flexibility index (Phi) is 6.87. The Bertz CT molecular complexity index is 834. The molecule has 3 rings (SSSR count). The summed E-state index contributed by atoms with van der Waals surface area (Å²) in [6, 6.07) is 10.1. The van der Waals surface area contributed by atoms with Crippen LogP contribution < -0.4 is 18.9 Å². The summed E-state index contributed by atoms with van der Waals surface area (Å²) in [6.45, 7) is 0.681. The van der Waals surface area contributed by atoms with Crippen molar-refractivity contribution in [1.82, 2.24) is 0 Å². The summed E-state index contributed by atoms with van der Waals surface area (Å²) >= 11 is 0. The van der Waals surface area contributed by atoms with Gasteiger partial charge in [-0.2, -0.15) is 0 Å². The number of rotatable bonds is 9. The Morgan fingerprint density at radius 3 is 1.90 bits per heavy atom. The van der Waals surface area contributed by atoms with Crippen LogP contribution in [0.4, 0.5) is 0 Å². The molecule has 1 aliphatic carbocycles. The van der Waals surface area contributed by atoms with Gasteiger partial charge in [0.05, 0.1) is 35.0 Å². The first-order chi connectivity index (χ1) is 14.1. The third kappa shape index (κ3) is 3.87. The van der Waals surface area contributed by atoms with Crippen molar-refractivity contribution >= 4 is 0 Å². The van der Waals surface area contributed by atoms with Crippen molar-refractivity contribution in [2.24, 2.45) is 5.92 Å². The lowest BCUT2D eigenvalue weighted by atomic mass is 9.81. The van der Waals surface area contributed by atoms with E-state index in [9.17, 15) is 5.11 Å². The summed E-state index contributed by atoms with van der Waals surface area (Å²) in [5, 5.41) is 9.74. The van der Waals surface area contributed by atoms with Crippen molar-refractivity contribution in [3.63, 3.8) is 0 Å². The Labute approximate surface area is 172 Å². The van der Waals surface area contributed by atoms with Crippen molar-refractivity contribution in [2.45, 2.75) is 18.3 Å². The van der Waals surface area contributed by atoms with E-state index in [-0.39, 0.29) is 24.4 Å². The summed E-state index contributed by atoms with van der Waals surface area (Å²) in [7, 11) is 8.26. The van der Waals surface area contributed by atoms with Gasteiger partial charge in [-0.05, 0) is 53.3 Å². The Balaban J connectivity index is 2.19. The second-order valence-electron chi connectivity index (χ2n) is 7.17. The molecule has 3 unspecified atom stereocenters. The van der Waals surface area contributed by atoms with E-state index in [1.165, 1.54) is 5.56 Å². The van der Waals surface area contributed by atoms with E-state index in [0.29, 0.717) is 36.0 Å². The van der Waals surface area contributed by atoms with Gasteiger partial charge in [0.1, 0.15) is 0 Å². The molecule has 0 bridgehead atoms. The van der Waals surface area contributed by atoms with Crippen molar-refractivity contribution in [3.05, 3.63) is 47.0 Å². The minimum atomic E-state index is 0.0705. The van der Waals surface area contributed by atoms with Crippen LogP contribution in [0.2, 0.25) is 0 Å². The van der Waals surface area contributed by atoms with Crippen LogP contribution in [0, 0.1) is 5.92 Å². The third-order valence-corrected chi connectivity index (χ3v) is 5.83. The fourth-order valence-corrected chi connectivity index (χ4v) is 4.58. The van der Waals surface area contributed by atoms with Crippen LogP contribution in [-0.2, 0) is 4.74 Å². The van der Waals surface area contributed by atoms with Gasteiger partial charge in [-0.15, -0.1) is 0 Å². The highest BCUT2D eigenvalue weighted by atomic mass is 16.5. The van der Waals surface area contributed by atoms with E-state index in [1.807, 2.05) is 18.2 Å². The maximum absolute atomic E-state index is 9.74. The van der Waals surface area contributed by atoms with Gasteiger partial charge in [-0.25, -0.2) is 0 Å². The van der Waals surface area contributed by atoms with E-state index in [2.05, 4.69) is 12.1 Å². The first-order valence-electron chi connectivity index (χ1n) is 9.70. The van der Waals surface area contributed by atoms with E-state index < -0.39 is 0 Å². The summed E-state index contributed by atoms with van der Waals surface area (Å²) in [5.74, 6) is 3.15. The molecule has 0 amide bonds. The molecule has 6 nitrogen and oxygen atoms in total. The molecule has 2 aromatic carbocycles. The second-order valence-corrected chi connectivity index (χ2v) is 7.17. The zero-order valence-corrected chi connectivity index (χ0v) is 17.7. The van der Waals surface area contributed by atoms with Gasteiger partial charge in [0.2, 0.25) is 0 Å². The molecule has 0 heterocycles. The number of hydrogen-bond acceptors (Lipinski definition) is 6. The number of benzene rings is 2. The van der Waals surface area contributed by atoms with Crippen LogP contribution in [-0.4, -0.2) is 53.9 Å². The molecule has 1 N–H and O–H groups in total. The predicted octanol–water partition coefficient (Wildman–Crippen LogP) is 3.60. The highest BCUT2D eigenvalue weighted by Crippen LogP contribution is 2.54. The fourth-order valence-electron chi connectivity index (χ4n) is 4.58. The number of aliphatic hydroxyl groups is 1. The van der Waals surface area contributed by atoms with Crippen molar-refractivity contribution < 1.29 is 28.8 Å². The fraction of sp³-hybridized carbons (Fsp3) is 0.478. The average molecular weight is 402 g/mol. The molecule has 158 valence electrons. The van der Waals surface area contributed by atoms with Crippen LogP contribution in [0.1, 0.15) is 34.9 Å². The van der Waals surface area contributed by atoms with Gasteiger partial charge < -0.3 is 28.8 Å². The Morgan fingerprint density at radius 2 is 1.34 bits per heavy atom. The van der Waals surface area contributed by atoms with Gasteiger partial charge in [0.15, 0.2) is 23.0 Å². The molecule has 3 atom stereocenters.